The van der Waals surface area contributed by atoms with E-state index in [4.69, 9.17) is 16.3 Å². The van der Waals surface area contributed by atoms with Gasteiger partial charge in [-0.1, -0.05) is 30.3 Å². The van der Waals surface area contributed by atoms with Crippen molar-refractivity contribution in [3.8, 4) is 0 Å². The number of halogens is 1. The molecule has 10 heteroatoms. The molecule has 154 valence electrons. The zero-order chi connectivity index (χ0) is 20.8. The fraction of sp³-hybridized carbons (Fsp3) is 0.421. The Balaban J connectivity index is 1.73. The van der Waals surface area contributed by atoms with E-state index >= 15 is 0 Å². The monoisotopic (exact) mass is 419 g/mol. The fourth-order valence-corrected chi connectivity index (χ4v) is 3.66. The van der Waals surface area contributed by atoms with Gasteiger partial charge in [0.05, 0.1) is 18.5 Å². The van der Waals surface area contributed by atoms with Crippen LogP contribution in [0.15, 0.2) is 36.7 Å². The average Bonchev–Trinajstić information content (AvgIpc) is 3.23. The highest BCUT2D eigenvalue weighted by Crippen LogP contribution is 2.34. The van der Waals surface area contributed by atoms with Crippen molar-refractivity contribution in [2.75, 3.05) is 11.9 Å². The molecule has 0 aliphatic carbocycles. The van der Waals surface area contributed by atoms with Crippen molar-refractivity contribution in [3.63, 3.8) is 0 Å². The Morgan fingerprint density at radius 2 is 1.90 bits per heavy atom. The lowest BCUT2D eigenvalue weighted by molar-refractivity contribution is -0.0511. The van der Waals surface area contributed by atoms with Crippen LogP contribution in [0.5, 0.6) is 0 Å². The summed E-state index contributed by atoms with van der Waals surface area (Å²) < 4.78 is 7.07. The van der Waals surface area contributed by atoms with Gasteiger partial charge in [-0.25, -0.2) is 4.98 Å². The minimum absolute atomic E-state index is 0.00245. The molecule has 0 saturated carbocycles. The van der Waals surface area contributed by atoms with Crippen LogP contribution in [0.3, 0.4) is 0 Å². The van der Waals surface area contributed by atoms with Gasteiger partial charge in [0, 0.05) is 0 Å². The summed E-state index contributed by atoms with van der Waals surface area (Å²) in [4.78, 5) is 12.9. The first kappa shape index (κ1) is 20.0. The summed E-state index contributed by atoms with van der Waals surface area (Å²) in [5.41, 5.74) is 1.35. The molecule has 0 radical (unpaired) electrons. The third-order valence-corrected chi connectivity index (χ3v) is 5.28. The molecule has 1 aliphatic rings. The van der Waals surface area contributed by atoms with Gasteiger partial charge in [0.15, 0.2) is 23.2 Å². The van der Waals surface area contributed by atoms with E-state index in [1.165, 1.54) is 10.9 Å². The van der Waals surface area contributed by atoms with Crippen LogP contribution in [0, 0.1) is 0 Å². The molecular weight excluding hydrogens is 398 g/mol. The van der Waals surface area contributed by atoms with Gasteiger partial charge in [0.25, 0.3) is 0 Å². The second kappa shape index (κ2) is 7.51. The van der Waals surface area contributed by atoms with Crippen molar-refractivity contribution >= 4 is 28.6 Å². The van der Waals surface area contributed by atoms with Crippen LogP contribution >= 0.6 is 11.6 Å². The van der Waals surface area contributed by atoms with E-state index in [2.05, 4.69) is 20.3 Å². The van der Waals surface area contributed by atoms with Crippen LogP contribution in [0.25, 0.3) is 11.2 Å². The van der Waals surface area contributed by atoms with E-state index in [1.54, 1.807) is 0 Å². The topological polar surface area (TPSA) is 126 Å². The lowest BCUT2D eigenvalue weighted by Gasteiger charge is -2.27. The Bertz CT molecular complexity index is 1010. The Morgan fingerprint density at radius 3 is 2.55 bits per heavy atom. The van der Waals surface area contributed by atoms with Gasteiger partial charge in [-0.2, -0.15) is 9.97 Å². The number of imidazole rings is 1. The van der Waals surface area contributed by atoms with Gasteiger partial charge in [-0.05, 0) is 31.0 Å². The van der Waals surface area contributed by atoms with Gasteiger partial charge < -0.3 is 25.4 Å². The summed E-state index contributed by atoms with van der Waals surface area (Å²) in [7, 11) is 0. The number of anilines is 1. The second-order valence-electron chi connectivity index (χ2n) is 7.51. The highest BCUT2D eigenvalue weighted by molar-refractivity contribution is 6.28. The number of nitrogens with zero attached hydrogens (tertiary/aromatic N) is 4. The summed E-state index contributed by atoms with van der Waals surface area (Å²) in [6.07, 6.45) is -2.91. The Kier molecular flexibility index (Phi) is 5.18. The SMILES string of the molecule is CC(C)(Nc1nc(Cl)nc2c1ncn2[C@@H]1O[C@H](CO)[C@@H](O)[C@H]1O)c1ccccc1. The van der Waals surface area contributed by atoms with E-state index < -0.39 is 36.7 Å². The zero-order valence-corrected chi connectivity index (χ0v) is 16.7. The highest BCUT2D eigenvalue weighted by Gasteiger charge is 2.44. The van der Waals surface area contributed by atoms with E-state index in [0.29, 0.717) is 17.0 Å². The standard InChI is InChI=1S/C19H22ClN5O4/c1-19(2,10-6-4-3-5-7-10)24-15-12-16(23-18(20)22-15)25(9-21-12)17-14(28)13(27)11(8-26)29-17/h3-7,9,11,13-14,17,26-28H,8H2,1-2H3,(H,22,23,24)/t11-,13-,14-,17-/m1/s1. The number of hydrogen-bond donors (Lipinski definition) is 4. The maximum absolute atomic E-state index is 10.3. The normalized spacial score (nSPS) is 24.9. The van der Waals surface area contributed by atoms with Crippen LogP contribution in [0.1, 0.15) is 25.6 Å². The molecule has 3 heterocycles. The third-order valence-electron chi connectivity index (χ3n) is 5.11. The molecule has 1 aliphatic heterocycles. The first-order valence-corrected chi connectivity index (χ1v) is 9.56. The number of aromatic nitrogens is 4. The molecule has 1 fully saturated rings. The first-order valence-electron chi connectivity index (χ1n) is 9.18. The maximum atomic E-state index is 10.3. The quantitative estimate of drug-likeness (QED) is 0.458. The minimum Gasteiger partial charge on any atom is -0.394 e. The molecule has 3 aromatic rings. The number of ether oxygens (including phenoxy) is 1. The lowest BCUT2D eigenvalue weighted by atomic mass is 9.94. The predicted octanol–water partition coefficient (Wildman–Crippen LogP) is 1.44. The van der Waals surface area contributed by atoms with Crippen molar-refractivity contribution in [2.24, 2.45) is 0 Å². The average molecular weight is 420 g/mol. The van der Waals surface area contributed by atoms with Crippen LogP contribution < -0.4 is 5.32 Å². The van der Waals surface area contributed by atoms with Crippen LogP contribution in [-0.2, 0) is 10.3 Å². The van der Waals surface area contributed by atoms with Crippen molar-refractivity contribution in [1.29, 1.82) is 0 Å². The summed E-state index contributed by atoms with van der Waals surface area (Å²) >= 11 is 6.16. The fourth-order valence-electron chi connectivity index (χ4n) is 3.50. The molecule has 2 aromatic heterocycles. The molecule has 0 bridgehead atoms. The van der Waals surface area contributed by atoms with Gasteiger partial charge >= 0.3 is 0 Å². The Hall–Kier alpha value is -2.30. The molecule has 0 spiro atoms. The minimum atomic E-state index is -1.25. The predicted molar refractivity (Wildman–Crippen MR) is 106 cm³/mol. The van der Waals surface area contributed by atoms with Crippen molar-refractivity contribution < 1.29 is 20.1 Å². The number of benzene rings is 1. The number of nitrogens with one attached hydrogen (secondary N) is 1. The van der Waals surface area contributed by atoms with Crippen LogP contribution in [-0.4, -0.2) is 59.8 Å². The Morgan fingerprint density at radius 1 is 1.17 bits per heavy atom. The lowest BCUT2D eigenvalue weighted by Crippen LogP contribution is -2.33. The molecule has 1 saturated heterocycles. The highest BCUT2D eigenvalue weighted by atomic mass is 35.5. The molecule has 29 heavy (non-hydrogen) atoms. The summed E-state index contributed by atoms with van der Waals surface area (Å²) in [6, 6.07) is 9.87. The van der Waals surface area contributed by atoms with Crippen molar-refractivity contribution in [2.45, 2.75) is 43.9 Å². The van der Waals surface area contributed by atoms with E-state index in [1.807, 2.05) is 44.2 Å². The molecule has 4 rings (SSSR count). The van der Waals surface area contributed by atoms with Crippen molar-refractivity contribution in [3.05, 3.63) is 47.5 Å². The first-order chi connectivity index (χ1) is 13.8. The maximum Gasteiger partial charge on any atom is 0.226 e. The van der Waals surface area contributed by atoms with Crippen LogP contribution in [0.4, 0.5) is 5.82 Å². The number of aliphatic hydroxyl groups is 3. The molecule has 9 nitrogen and oxygen atoms in total. The van der Waals surface area contributed by atoms with E-state index in [9.17, 15) is 15.3 Å². The third kappa shape index (κ3) is 3.56. The van der Waals surface area contributed by atoms with E-state index in [-0.39, 0.29) is 5.28 Å². The number of hydrogen-bond acceptors (Lipinski definition) is 8. The summed E-state index contributed by atoms with van der Waals surface area (Å²) in [6.45, 7) is 3.59. The second-order valence-corrected chi connectivity index (χ2v) is 7.85. The zero-order valence-electron chi connectivity index (χ0n) is 15.9. The Labute approximate surface area is 172 Å². The van der Waals surface area contributed by atoms with E-state index in [0.717, 1.165) is 5.56 Å². The summed E-state index contributed by atoms with van der Waals surface area (Å²) in [5, 5.41) is 33.1. The molecule has 0 unspecified atom stereocenters. The number of fused-ring (bicyclic) bond motifs is 1. The van der Waals surface area contributed by atoms with Crippen molar-refractivity contribution in [1.82, 2.24) is 19.5 Å². The van der Waals surface area contributed by atoms with Gasteiger partial charge in [-0.15, -0.1) is 0 Å². The largest absolute Gasteiger partial charge is 0.394 e. The molecule has 0 amide bonds. The summed E-state index contributed by atoms with van der Waals surface area (Å²) in [5.74, 6) is 0.430. The van der Waals surface area contributed by atoms with Crippen LogP contribution in [0.2, 0.25) is 5.28 Å². The number of rotatable bonds is 5. The van der Waals surface area contributed by atoms with Gasteiger partial charge in [-0.3, -0.25) is 4.57 Å². The van der Waals surface area contributed by atoms with Gasteiger partial charge in [0.2, 0.25) is 5.28 Å². The number of aliphatic hydroxyl groups excluding tert-OH is 3. The molecule has 4 N–H and O–H groups in total. The molecular formula is C19H22ClN5O4. The molecule has 1 aromatic carbocycles. The van der Waals surface area contributed by atoms with Gasteiger partial charge in [0.1, 0.15) is 18.3 Å². The smallest absolute Gasteiger partial charge is 0.226 e. The molecule has 4 atom stereocenters.